The van der Waals surface area contributed by atoms with Crippen molar-refractivity contribution < 1.29 is 9.90 Å². The largest absolute Gasteiger partial charge is 0.478 e. The standard InChI is InChI=1S/C13H10N2O2/c16-13(17)10-5-6-12-14-11-4-2-1-3-9(11)7-15(12)8-10/h1-7H,8H2,(H,16,17). The first-order valence-electron chi connectivity index (χ1n) is 5.30. The van der Waals surface area contributed by atoms with Gasteiger partial charge in [-0.25, -0.2) is 9.79 Å². The average Bonchev–Trinajstić information content (AvgIpc) is 2.35. The number of carbonyl (C=O) groups is 1. The number of rotatable bonds is 1. The second-order valence-electron chi connectivity index (χ2n) is 3.95. The van der Waals surface area contributed by atoms with Crippen molar-refractivity contribution in [2.75, 3.05) is 6.54 Å². The van der Waals surface area contributed by atoms with Gasteiger partial charge in [0.05, 0.1) is 17.5 Å². The lowest BCUT2D eigenvalue weighted by molar-refractivity contribution is -0.132. The zero-order valence-electron chi connectivity index (χ0n) is 9.00. The highest BCUT2D eigenvalue weighted by molar-refractivity contribution is 5.88. The molecule has 2 aliphatic rings. The van der Waals surface area contributed by atoms with E-state index in [9.17, 15) is 4.79 Å². The Morgan fingerprint density at radius 2 is 2.12 bits per heavy atom. The molecule has 0 unspecified atom stereocenters. The van der Waals surface area contributed by atoms with Gasteiger partial charge in [-0.05, 0) is 18.2 Å². The Bertz CT molecular complexity index is 671. The summed E-state index contributed by atoms with van der Waals surface area (Å²) in [6.07, 6.45) is 5.28. The minimum Gasteiger partial charge on any atom is -0.478 e. The van der Waals surface area contributed by atoms with Gasteiger partial charge in [-0.2, -0.15) is 0 Å². The smallest absolute Gasteiger partial charge is 0.333 e. The van der Waals surface area contributed by atoms with Crippen molar-refractivity contribution in [3.8, 4) is 0 Å². The van der Waals surface area contributed by atoms with E-state index in [1.165, 1.54) is 0 Å². The van der Waals surface area contributed by atoms with E-state index in [4.69, 9.17) is 5.11 Å². The van der Waals surface area contributed by atoms with Crippen molar-refractivity contribution >= 4 is 12.2 Å². The van der Waals surface area contributed by atoms with Crippen LogP contribution in [0.1, 0.15) is 0 Å². The molecule has 1 aromatic rings. The molecule has 4 heteroatoms. The summed E-state index contributed by atoms with van der Waals surface area (Å²) < 4.78 is 0. The molecule has 0 amide bonds. The van der Waals surface area contributed by atoms with Crippen LogP contribution in [0.5, 0.6) is 0 Å². The van der Waals surface area contributed by atoms with E-state index in [1.807, 2.05) is 35.4 Å². The molecule has 84 valence electrons. The number of fused-ring (bicyclic) bond motifs is 2. The number of benzene rings is 1. The molecule has 0 aliphatic carbocycles. The Hall–Kier alpha value is -2.36. The van der Waals surface area contributed by atoms with Crippen LogP contribution in [-0.4, -0.2) is 22.5 Å². The van der Waals surface area contributed by atoms with Crippen molar-refractivity contribution in [3.63, 3.8) is 0 Å². The fourth-order valence-electron chi connectivity index (χ4n) is 1.93. The molecule has 17 heavy (non-hydrogen) atoms. The van der Waals surface area contributed by atoms with Crippen LogP contribution >= 0.6 is 0 Å². The zero-order chi connectivity index (χ0) is 11.8. The first-order valence-corrected chi connectivity index (χ1v) is 5.30. The molecular formula is C13H10N2O2. The lowest BCUT2D eigenvalue weighted by Crippen LogP contribution is -2.36. The molecule has 0 radical (unpaired) electrons. The van der Waals surface area contributed by atoms with Crippen LogP contribution in [0.2, 0.25) is 0 Å². The molecule has 1 aromatic carbocycles. The molecule has 0 bridgehead atoms. The lowest BCUT2D eigenvalue weighted by atomic mass is 10.1. The summed E-state index contributed by atoms with van der Waals surface area (Å²) in [7, 11) is 0. The van der Waals surface area contributed by atoms with E-state index < -0.39 is 5.97 Å². The molecule has 0 spiro atoms. The van der Waals surface area contributed by atoms with E-state index in [2.05, 4.69) is 4.99 Å². The summed E-state index contributed by atoms with van der Waals surface area (Å²) in [5, 5.41) is 10.9. The summed E-state index contributed by atoms with van der Waals surface area (Å²) in [5.41, 5.74) is 0.375. The third-order valence-corrected chi connectivity index (χ3v) is 2.81. The molecule has 3 rings (SSSR count). The number of allylic oxidation sites excluding steroid dienone is 2. The number of aliphatic carboxylic acids is 1. The Morgan fingerprint density at radius 1 is 1.29 bits per heavy atom. The Morgan fingerprint density at radius 3 is 2.94 bits per heavy atom. The van der Waals surface area contributed by atoms with Crippen molar-refractivity contribution in [2.24, 2.45) is 4.99 Å². The quantitative estimate of drug-likeness (QED) is 0.745. The van der Waals surface area contributed by atoms with Gasteiger partial charge in [-0.1, -0.05) is 18.2 Å². The highest BCUT2D eigenvalue weighted by atomic mass is 16.4. The van der Waals surface area contributed by atoms with Crippen LogP contribution < -0.4 is 10.6 Å². The third kappa shape index (κ3) is 1.63. The van der Waals surface area contributed by atoms with Crippen LogP contribution in [0, 0.1) is 0 Å². The highest BCUT2D eigenvalue weighted by Gasteiger charge is 2.19. The molecule has 2 aliphatic heterocycles. The molecule has 0 aromatic heterocycles. The summed E-state index contributed by atoms with van der Waals surface area (Å²) in [6, 6.07) is 7.79. The Balaban J connectivity index is 2.13. The SMILES string of the molecule is O=C(O)C1=CC=C2N=c3ccccc3=CN2C1. The minimum atomic E-state index is -0.882. The number of para-hydroxylation sites is 1. The maximum Gasteiger partial charge on any atom is 0.333 e. The summed E-state index contributed by atoms with van der Waals surface area (Å²) in [4.78, 5) is 17.2. The Labute approximate surface area is 97.5 Å². The van der Waals surface area contributed by atoms with Gasteiger partial charge in [0, 0.05) is 11.4 Å². The van der Waals surface area contributed by atoms with Crippen LogP contribution in [0.15, 0.2) is 52.8 Å². The van der Waals surface area contributed by atoms with E-state index in [0.29, 0.717) is 12.1 Å². The molecular weight excluding hydrogens is 216 g/mol. The van der Waals surface area contributed by atoms with E-state index >= 15 is 0 Å². The van der Waals surface area contributed by atoms with Gasteiger partial charge in [-0.3, -0.25) is 0 Å². The van der Waals surface area contributed by atoms with Crippen LogP contribution in [-0.2, 0) is 4.79 Å². The maximum absolute atomic E-state index is 10.9. The van der Waals surface area contributed by atoms with Gasteiger partial charge in [-0.15, -0.1) is 0 Å². The molecule has 0 saturated heterocycles. The number of carboxylic acid groups (broad SMARTS) is 1. The second-order valence-corrected chi connectivity index (χ2v) is 3.95. The average molecular weight is 226 g/mol. The van der Waals surface area contributed by atoms with Gasteiger partial charge in [0.1, 0.15) is 5.82 Å². The van der Waals surface area contributed by atoms with Crippen LogP contribution in [0.25, 0.3) is 6.20 Å². The lowest BCUT2D eigenvalue weighted by Gasteiger charge is -2.25. The number of carboxylic acids is 1. The summed E-state index contributed by atoms with van der Waals surface area (Å²) in [6.45, 7) is 0.360. The second kappa shape index (κ2) is 3.59. The van der Waals surface area contributed by atoms with Gasteiger partial charge in [0.25, 0.3) is 0 Å². The zero-order valence-corrected chi connectivity index (χ0v) is 9.00. The van der Waals surface area contributed by atoms with Crippen LogP contribution in [0.3, 0.4) is 0 Å². The molecule has 0 atom stereocenters. The van der Waals surface area contributed by atoms with E-state index in [0.717, 1.165) is 16.4 Å². The monoisotopic (exact) mass is 226 g/mol. The van der Waals surface area contributed by atoms with Crippen molar-refractivity contribution in [1.82, 2.24) is 4.90 Å². The summed E-state index contributed by atoms with van der Waals surface area (Å²) in [5.74, 6) is -0.0961. The van der Waals surface area contributed by atoms with Gasteiger partial charge >= 0.3 is 5.97 Å². The molecule has 0 saturated carbocycles. The molecule has 2 heterocycles. The first-order chi connectivity index (χ1) is 8.24. The van der Waals surface area contributed by atoms with Gasteiger partial charge < -0.3 is 10.0 Å². The van der Waals surface area contributed by atoms with Crippen LogP contribution in [0.4, 0.5) is 0 Å². The predicted molar refractivity (Wildman–Crippen MR) is 62.2 cm³/mol. The van der Waals surface area contributed by atoms with Crippen molar-refractivity contribution in [1.29, 1.82) is 0 Å². The fraction of sp³-hybridized carbons (Fsp3) is 0.0769. The van der Waals surface area contributed by atoms with E-state index in [1.54, 1.807) is 12.2 Å². The topological polar surface area (TPSA) is 52.9 Å². The highest BCUT2D eigenvalue weighted by Crippen LogP contribution is 2.17. The number of hydrogen-bond acceptors (Lipinski definition) is 3. The Kier molecular flexibility index (Phi) is 2.08. The third-order valence-electron chi connectivity index (χ3n) is 2.81. The molecule has 4 nitrogen and oxygen atoms in total. The first kappa shape index (κ1) is 9.84. The van der Waals surface area contributed by atoms with E-state index in [-0.39, 0.29) is 0 Å². The van der Waals surface area contributed by atoms with Gasteiger partial charge in [0.15, 0.2) is 0 Å². The molecule has 1 N–H and O–H groups in total. The van der Waals surface area contributed by atoms with Crippen molar-refractivity contribution in [2.45, 2.75) is 0 Å². The molecule has 0 fully saturated rings. The maximum atomic E-state index is 10.9. The predicted octanol–water partition coefficient (Wildman–Crippen LogP) is 0.226. The minimum absolute atomic E-state index is 0.360. The fourth-order valence-corrected chi connectivity index (χ4v) is 1.93. The normalized spacial score (nSPS) is 16.8. The summed E-state index contributed by atoms with van der Waals surface area (Å²) >= 11 is 0. The number of nitrogens with zero attached hydrogens (tertiary/aromatic N) is 2. The van der Waals surface area contributed by atoms with Gasteiger partial charge in [0.2, 0.25) is 0 Å². The number of hydrogen-bond donors (Lipinski definition) is 1. The van der Waals surface area contributed by atoms with Crippen molar-refractivity contribution in [3.05, 3.63) is 58.4 Å².